The van der Waals surface area contributed by atoms with Crippen LogP contribution in [0.4, 0.5) is 34.1 Å². The first kappa shape index (κ1) is 78.5. The summed E-state index contributed by atoms with van der Waals surface area (Å²) in [5.41, 5.74) is 10.9. The van der Waals surface area contributed by atoms with Gasteiger partial charge in [0.05, 0.1) is 47.2 Å². The zero-order chi connectivity index (χ0) is 76.6. The molecule has 0 saturated carbocycles. The lowest BCUT2D eigenvalue weighted by atomic mass is 10.0. The summed E-state index contributed by atoms with van der Waals surface area (Å²) in [5.74, 6) is 0.657. The first-order valence-corrected chi connectivity index (χ1v) is 41.4. The molecule has 14 nitrogen and oxygen atoms in total. The Labute approximate surface area is 661 Å². The van der Waals surface area contributed by atoms with Crippen LogP contribution in [-0.4, -0.2) is 58.5 Å². The van der Waals surface area contributed by atoms with E-state index in [9.17, 15) is 30.3 Å². The number of rotatable bonds is 40. The van der Waals surface area contributed by atoms with Crippen LogP contribution in [0.1, 0.15) is 140 Å². The van der Waals surface area contributed by atoms with Crippen LogP contribution in [-0.2, 0) is 9.59 Å². The van der Waals surface area contributed by atoms with Gasteiger partial charge in [0.15, 0.2) is 0 Å². The molecule has 5 heterocycles. The average molecular weight is 1540 g/mol. The summed E-state index contributed by atoms with van der Waals surface area (Å²) >= 11 is 5.82. The predicted molar refractivity (Wildman–Crippen MR) is 454 cm³/mol. The van der Waals surface area contributed by atoms with Crippen LogP contribution in [0, 0.1) is 22.7 Å². The first-order valence-electron chi connectivity index (χ1n) is 38.1. The third-order valence-electron chi connectivity index (χ3n) is 18.8. The van der Waals surface area contributed by atoms with E-state index in [-0.39, 0.29) is 0 Å². The second kappa shape index (κ2) is 39.3. The van der Waals surface area contributed by atoms with Crippen LogP contribution >= 0.6 is 45.3 Å². The van der Waals surface area contributed by atoms with Crippen molar-refractivity contribution in [3.05, 3.63) is 227 Å². The molecule has 12 rings (SSSR count). The SMILES string of the molecule is CCCCCCOc1ccc(N(c2ccc(OCCCCCC)cc2)c2ccc(-c3ccc(-c4ccc(-c5ccc(-c6ccc(N(c7ccc(OCCCCCC)cc7)c7ccc(OCCCCCC)cc7)cc6)s5)c5nc(-c6ccc(/C=C(/C#N)C(=O)O)s6)c(-c6ccc(/C=C(/C#N)C(=O)O)s6)nc45)s3)cc2)cc1. The summed E-state index contributed by atoms with van der Waals surface area (Å²) < 4.78 is 24.8. The Hall–Kier alpha value is -11.1. The Kier molecular flexibility index (Phi) is 28.0. The largest absolute Gasteiger partial charge is 0.494 e. The number of hydrogen-bond donors (Lipinski definition) is 2. The Morgan fingerprint density at radius 1 is 0.345 bits per heavy atom. The summed E-state index contributed by atoms with van der Waals surface area (Å²) in [6.45, 7) is 11.6. The number of anilines is 6. The van der Waals surface area contributed by atoms with Crippen molar-refractivity contribution in [2.75, 3.05) is 36.2 Å². The fourth-order valence-electron chi connectivity index (χ4n) is 12.9. The molecule has 0 spiro atoms. The van der Waals surface area contributed by atoms with Gasteiger partial charge < -0.3 is 39.0 Å². The van der Waals surface area contributed by atoms with E-state index < -0.39 is 23.1 Å². The first-order chi connectivity index (χ1) is 53.9. The van der Waals surface area contributed by atoms with E-state index in [0.29, 0.717) is 68.4 Å². The van der Waals surface area contributed by atoms with E-state index in [1.807, 2.05) is 60.7 Å². The minimum absolute atomic E-state index is 0.418. The van der Waals surface area contributed by atoms with E-state index in [0.717, 1.165) is 150 Å². The van der Waals surface area contributed by atoms with Crippen molar-refractivity contribution >= 4 is 115 Å². The normalized spacial score (nSPS) is 11.5. The number of carbonyl (C=O) groups is 2. The average Bonchev–Trinajstić information content (AvgIpc) is 1.44. The van der Waals surface area contributed by atoms with Crippen LogP contribution in [0.5, 0.6) is 23.0 Å². The molecule has 5 aromatic heterocycles. The molecular formula is C92H90N6O8S4. The molecule has 0 bridgehead atoms. The molecular weight excluding hydrogens is 1450 g/mol. The van der Waals surface area contributed by atoms with Gasteiger partial charge in [-0.2, -0.15) is 10.5 Å². The van der Waals surface area contributed by atoms with Crippen LogP contribution in [0.3, 0.4) is 0 Å². The van der Waals surface area contributed by atoms with Crippen LogP contribution < -0.4 is 28.7 Å². The van der Waals surface area contributed by atoms with Gasteiger partial charge in [-0.15, -0.1) is 45.3 Å². The van der Waals surface area contributed by atoms with Gasteiger partial charge in [-0.25, -0.2) is 19.6 Å². The Morgan fingerprint density at radius 3 is 0.891 bits per heavy atom. The number of ether oxygens (including phenoxy) is 4. The lowest BCUT2D eigenvalue weighted by molar-refractivity contribution is -0.133. The molecule has 12 aromatic rings. The molecule has 0 aliphatic carbocycles. The summed E-state index contributed by atoms with van der Waals surface area (Å²) in [7, 11) is 0. The number of nitrogens with zero attached hydrogens (tertiary/aromatic N) is 6. The number of carboxylic acid groups (broad SMARTS) is 2. The highest BCUT2D eigenvalue weighted by molar-refractivity contribution is 7.19. The molecule has 0 aliphatic heterocycles. The molecule has 2 N–H and O–H groups in total. The summed E-state index contributed by atoms with van der Waals surface area (Å²) in [4.78, 5) is 46.3. The maximum atomic E-state index is 12.1. The van der Waals surface area contributed by atoms with Gasteiger partial charge in [-0.05, 0) is 219 Å². The lowest BCUT2D eigenvalue weighted by Crippen LogP contribution is -2.10. The number of carboxylic acids is 2. The molecule has 0 unspecified atom stereocenters. The monoisotopic (exact) mass is 1530 g/mol. The number of aromatic nitrogens is 2. The molecule has 0 radical (unpaired) electrons. The topological polar surface area (TPSA) is 191 Å². The second-order valence-corrected chi connectivity index (χ2v) is 31.2. The summed E-state index contributed by atoms with van der Waals surface area (Å²) in [6, 6.07) is 74.0. The van der Waals surface area contributed by atoms with Crippen molar-refractivity contribution in [1.82, 2.24) is 9.97 Å². The smallest absolute Gasteiger partial charge is 0.346 e. The number of fused-ring (bicyclic) bond motifs is 1. The second-order valence-electron chi connectivity index (χ2n) is 26.8. The van der Waals surface area contributed by atoms with Gasteiger partial charge in [0, 0.05) is 74.5 Å². The molecule has 560 valence electrons. The van der Waals surface area contributed by atoms with Gasteiger partial charge in [0.1, 0.15) is 57.7 Å². The van der Waals surface area contributed by atoms with E-state index in [1.54, 1.807) is 46.9 Å². The van der Waals surface area contributed by atoms with Crippen molar-refractivity contribution in [2.45, 2.75) is 130 Å². The highest BCUT2D eigenvalue weighted by atomic mass is 32.1. The Bertz CT molecular complexity index is 4740. The van der Waals surface area contributed by atoms with Crippen LogP contribution in [0.2, 0.25) is 0 Å². The van der Waals surface area contributed by atoms with Crippen LogP contribution in [0.15, 0.2) is 217 Å². The molecule has 0 saturated heterocycles. The maximum Gasteiger partial charge on any atom is 0.346 e. The van der Waals surface area contributed by atoms with Crippen molar-refractivity contribution in [3.8, 4) is 98.0 Å². The van der Waals surface area contributed by atoms with Gasteiger partial charge >= 0.3 is 11.9 Å². The van der Waals surface area contributed by atoms with Gasteiger partial charge in [-0.3, -0.25) is 0 Å². The number of benzene rings is 7. The Morgan fingerprint density at radius 2 is 0.618 bits per heavy atom. The maximum absolute atomic E-state index is 12.1. The van der Waals surface area contributed by atoms with E-state index in [4.69, 9.17) is 28.9 Å². The van der Waals surface area contributed by atoms with Crippen molar-refractivity contribution in [3.63, 3.8) is 0 Å². The summed E-state index contributed by atoms with van der Waals surface area (Å²) in [5, 5.41) is 39.4. The molecule has 18 heteroatoms. The van der Waals surface area contributed by atoms with Crippen molar-refractivity contribution < 1.29 is 38.7 Å². The number of unbranched alkanes of at least 4 members (excludes halogenated alkanes) is 12. The lowest BCUT2D eigenvalue weighted by Gasteiger charge is -2.26. The minimum atomic E-state index is -1.34. The molecule has 0 aliphatic rings. The summed E-state index contributed by atoms with van der Waals surface area (Å²) in [6.07, 6.45) is 20.8. The standard InChI is InChI=1S/C92H90N6O8S4/c1-5-9-13-17-55-103-73-37-29-69(30-38-73)97(70-31-39-74(40-32-70)104-56-18-14-10-6-2)67-25-21-63(22-26-67)81-51-53-83(109-81)79-47-48-80(88-87(79)95-89(85-49-45-77(107-85)59-65(61-93)91(99)100)90(96-88)86-50-46-78(108-86)60-66(62-94)92(101)102)84-54-52-82(110-84)64-23-27-68(28-24-64)98(71-33-41-75(42-34-71)105-57-19-15-11-7-3)72-35-43-76(44-36-72)106-58-20-16-12-8-4/h21-54,59-60H,5-20,55-58H2,1-4H3,(H,99,100)(H,101,102)/b65-59-,66-60-. The molecule has 0 atom stereocenters. The van der Waals surface area contributed by atoms with Crippen molar-refractivity contribution in [1.29, 1.82) is 10.5 Å². The van der Waals surface area contributed by atoms with Gasteiger partial charge in [0.25, 0.3) is 0 Å². The highest BCUT2D eigenvalue weighted by Crippen LogP contribution is 2.48. The third kappa shape index (κ3) is 20.2. The predicted octanol–water partition coefficient (Wildman–Crippen LogP) is 26.6. The number of thiophene rings is 4. The van der Waals surface area contributed by atoms with E-state index in [2.05, 4.69) is 171 Å². The van der Waals surface area contributed by atoms with Crippen LogP contribution in [0.25, 0.3) is 86.1 Å². The quantitative estimate of drug-likeness (QED) is 0.0209. The Balaban J connectivity index is 0.917. The number of hydrogen-bond acceptors (Lipinski definition) is 16. The molecule has 0 amide bonds. The van der Waals surface area contributed by atoms with E-state index in [1.165, 1.54) is 86.2 Å². The number of aliphatic carboxylic acids is 2. The third-order valence-corrected chi connectivity index (χ3v) is 23.2. The zero-order valence-corrected chi connectivity index (χ0v) is 65.9. The molecule has 7 aromatic carbocycles. The fraction of sp³-hybridized carbons (Fsp3) is 0.261. The van der Waals surface area contributed by atoms with E-state index >= 15 is 0 Å². The van der Waals surface area contributed by atoms with Gasteiger partial charge in [-0.1, -0.05) is 141 Å². The minimum Gasteiger partial charge on any atom is -0.494 e. The zero-order valence-electron chi connectivity index (χ0n) is 62.6. The number of nitriles is 2. The van der Waals surface area contributed by atoms with Crippen molar-refractivity contribution in [2.24, 2.45) is 0 Å². The molecule has 0 fully saturated rings. The molecule has 110 heavy (non-hydrogen) atoms. The van der Waals surface area contributed by atoms with Gasteiger partial charge in [0.2, 0.25) is 0 Å². The highest BCUT2D eigenvalue weighted by Gasteiger charge is 2.25. The fourth-order valence-corrected chi connectivity index (χ4v) is 16.9.